The summed E-state index contributed by atoms with van der Waals surface area (Å²) in [4.78, 5) is 25.4. The molecule has 38 heavy (non-hydrogen) atoms. The third-order valence-corrected chi connectivity index (χ3v) is 7.26. The summed E-state index contributed by atoms with van der Waals surface area (Å²) in [5.74, 6) is 2.25. The van der Waals surface area contributed by atoms with Gasteiger partial charge in [0.2, 0.25) is 0 Å². The fourth-order valence-corrected chi connectivity index (χ4v) is 4.81. The van der Waals surface area contributed by atoms with Gasteiger partial charge in [0.1, 0.15) is 0 Å². The van der Waals surface area contributed by atoms with Crippen LogP contribution in [0, 0.1) is 12.3 Å². The van der Waals surface area contributed by atoms with Gasteiger partial charge in [0.25, 0.3) is 11.8 Å². The molecular formula is C34H56N2O2. The van der Waals surface area contributed by atoms with Gasteiger partial charge >= 0.3 is 0 Å². The molecule has 0 aliphatic heterocycles. The maximum Gasteiger partial charge on any atom is 0.251 e. The summed E-state index contributed by atoms with van der Waals surface area (Å²) in [7, 11) is 0. The zero-order valence-corrected chi connectivity index (χ0v) is 24.7. The van der Waals surface area contributed by atoms with Gasteiger partial charge in [-0.2, -0.15) is 0 Å². The molecule has 0 unspecified atom stereocenters. The lowest BCUT2D eigenvalue weighted by Crippen LogP contribution is -2.27. The van der Waals surface area contributed by atoms with Crippen molar-refractivity contribution in [3.8, 4) is 12.3 Å². The van der Waals surface area contributed by atoms with Crippen LogP contribution in [0.15, 0.2) is 18.2 Å². The molecule has 0 atom stereocenters. The molecule has 1 rings (SSSR count). The van der Waals surface area contributed by atoms with Gasteiger partial charge in [-0.1, -0.05) is 135 Å². The van der Waals surface area contributed by atoms with E-state index in [1.54, 1.807) is 18.2 Å². The van der Waals surface area contributed by atoms with Gasteiger partial charge in [-0.15, -0.1) is 6.42 Å². The minimum Gasteiger partial charge on any atom is -0.352 e. The van der Waals surface area contributed by atoms with E-state index >= 15 is 0 Å². The van der Waals surface area contributed by atoms with Crippen molar-refractivity contribution in [3.05, 3.63) is 34.9 Å². The summed E-state index contributed by atoms with van der Waals surface area (Å²) in [5, 5.41) is 5.99. The molecule has 0 spiro atoms. The number of rotatable bonds is 24. The van der Waals surface area contributed by atoms with Crippen molar-refractivity contribution in [1.29, 1.82) is 0 Å². The number of hydrogen-bond donors (Lipinski definition) is 2. The highest BCUT2D eigenvalue weighted by Gasteiger charge is 2.12. The largest absolute Gasteiger partial charge is 0.352 e. The molecule has 2 N–H and O–H groups in total. The van der Waals surface area contributed by atoms with Crippen LogP contribution in [0.25, 0.3) is 0 Å². The SMILES string of the molecule is C#Cc1cc(C(=O)NCCCCCCCCCCCC)cc(C(=O)NCCCCCCCCCCCC)c1. The Morgan fingerprint density at radius 3 is 1.18 bits per heavy atom. The molecule has 0 aliphatic carbocycles. The van der Waals surface area contributed by atoms with Gasteiger partial charge < -0.3 is 10.6 Å². The maximum absolute atomic E-state index is 12.7. The molecule has 0 aliphatic rings. The second-order valence-corrected chi connectivity index (χ2v) is 10.8. The lowest BCUT2D eigenvalue weighted by molar-refractivity contribution is 0.0952. The Balaban J connectivity index is 2.26. The lowest BCUT2D eigenvalue weighted by atomic mass is 10.0. The minimum absolute atomic E-state index is 0.165. The Labute approximate surface area is 234 Å². The van der Waals surface area contributed by atoms with E-state index < -0.39 is 0 Å². The van der Waals surface area contributed by atoms with Crippen molar-refractivity contribution >= 4 is 11.8 Å². The number of nitrogens with one attached hydrogen (secondary N) is 2. The van der Waals surface area contributed by atoms with Crippen LogP contribution in [-0.2, 0) is 0 Å². The maximum atomic E-state index is 12.7. The molecule has 4 nitrogen and oxygen atoms in total. The average molecular weight is 525 g/mol. The highest BCUT2D eigenvalue weighted by molar-refractivity contribution is 6.00. The normalized spacial score (nSPS) is 10.8. The third kappa shape index (κ3) is 17.3. The lowest BCUT2D eigenvalue weighted by Gasteiger charge is -2.10. The Morgan fingerprint density at radius 2 is 0.868 bits per heavy atom. The summed E-state index contributed by atoms with van der Waals surface area (Å²) in [6.07, 6.45) is 30.9. The average Bonchev–Trinajstić information content (AvgIpc) is 2.94. The molecule has 0 aromatic heterocycles. The topological polar surface area (TPSA) is 58.2 Å². The zero-order valence-electron chi connectivity index (χ0n) is 24.7. The van der Waals surface area contributed by atoms with Crippen LogP contribution in [-0.4, -0.2) is 24.9 Å². The predicted molar refractivity (Wildman–Crippen MR) is 163 cm³/mol. The molecule has 0 bridgehead atoms. The molecule has 4 heteroatoms. The van der Waals surface area contributed by atoms with Crippen molar-refractivity contribution in [2.45, 2.75) is 142 Å². The van der Waals surface area contributed by atoms with E-state index in [2.05, 4.69) is 30.4 Å². The van der Waals surface area contributed by atoms with E-state index in [-0.39, 0.29) is 11.8 Å². The second kappa shape index (κ2) is 23.8. The molecule has 0 heterocycles. The monoisotopic (exact) mass is 524 g/mol. The first kappa shape index (κ1) is 33.7. The predicted octanol–water partition coefficient (Wildman–Crippen LogP) is 8.97. The third-order valence-electron chi connectivity index (χ3n) is 7.26. The first-order valence-electron chi connectivity index (χ1n) is 15.8. The summed E-state index contributed by atoms with van der Waals surface area (Å²) in [6, 6.07) is 5.03. The van der Waals surface area contributed by atoms with Gasteiger partial charge in [-0.25, -0.2) is 0 Å². The van der Waals surface area contributed by atoms with E-state index in [4.69, 9.17) is 6.42 Å². The van der Waals surface area contributed by atoms with Crippen LogP contribution in [0.4, 0.5) is 0 Å². The molecule has 0 fully saturated rings. The van der Waals surface area contributed by atoms with Gasteiger partial charge in [0.05, 0.1) is 0 Å². The molecular weight excluding hydrogens is 468 g/mol. The molecule has 214 valence electrons. The molecule has 0 saturated carbocycles. The number of carbonyl (C=O) groups excluding carboxylic acids is 2. The minimum atomic E-state index is -0.165. The molecule has 2 amide bonds. The Bertz CT molecular complexity index is 740. The second-order valence-electron chi connectivity index (χ2n) is 10.8. The molecule has 1 aromatic carbocycles. The number of benzene rings is 1. The summed E-state index contributed by atoms with van der Waals surface area (Å²) < 4.78 is 0. The molecule has 1 aromatic rings. The van der Waals surface area contributed by atoms with E-state index in [0.29, 0.717) is 29.8 Å². The fourth-order valence-electron chi connectivity index (χ4n) is 4.81. The van der Waals surface area contributed by atoms with Gasteiger partial charge in [0.15, 0.2) is 0 Å². The standard InChI is InChI=1S/C34H56N2O2/c1-4-7-9-11-13-15-17-19-21-23-25-35-33(37)31-27-30(6-3)28-32(29-31)34(38)36-26-24-22-20-18-16-14-12-10-8-5-2/h3,27-29H,4-5,7-26H2,1-2H3,(H,35,37)(H,36,38). The van der Waals surface area contributed by atoms with Crippen LogP contribution >= 0.6 is 0 Å². The number of carbonyl (C=O) groups is 2. The Kier molecular flexibility index (Phi) is 21.1. The van der Waals surface area contributed by atoms with Gasteiger partial charge in [-0.05, 0) is 31.0 Å². The van der Waals surface area contributed by atoms with Crippen LogP contribution in [0.3, 0.4) is 0 Å². The molecule has 0 saturated heterocycles. The summed E-state index contributed by atoms with van der Waals surface area (Å²) in [6.45, 7) is 5.80. The number of terminal acetylenes is 1. The van der Waals surface area contributed by atoms with Crippen LogP contribution < -0.4 is 10.6 Å². The first-order valence-corrected chi connectivity index (χ1v) is 15.8. The van der Waals surface area contributed by atoms with Crippen molar-refractivity contribution in [2.75, 3.05) is 13.1 Å². The van der Waals surface area contributed by atoms with E-state index in [1.165, 1.54) is 103 Å². The highest BCUT2D eigenvalue weighted by Crippen LogP contribution is 2.13. The Morgan fingerprint density at radius 1 is 0.553 bits per heavy atom. The smallest absolute Gasteiger partial charge is 0.251 e. The van der Waals surface area contributed by atoms with Crippen molar-refractivity contribution in [1.82, 2.24) is 10.6 Å². The van der Waals surface area contributed by atoms with Gasteiger partial charge in [0, 0.05) is 29.8 Å². The van der Waals surface area contributed by atoms with Crippen LogP contribution in [0.1, 0.15) is 169 Å². The van der Waals surface area contributed by atoms with Crippen molar-refractivity contribution < 1.29 is 9.59 Å². The fraction of sp³-hybridized carbons (Fsp3) is 0.706. The van der Waals surface area contributed by atoms with E-state index in [0.717, 1.165) is 25.7 Å². The molecule has 0 radical (unpaired) electrons. The summed E-state index contributed by atoms with van der Waals surface area (Å²) in [5.41, 5.74) is 1.47. The van der Waals surface area contributed by atoms with Gasteiger partial charge in [-0.3, -0.25) is 9.59 Å². The number of unbranched alkanes of at least 4 members (excludes halogenated alkanes) is 18. The number of amides is 2. The zero-order chi connectivity index (χ0) is 27.7. The number of hydrogen-bond acceptors (Lipinski definition) is 2. The summed E-state index contributed by atoms with van der Waals surface area (Å²) >= 11 is 0. The van der Waals surface area contributed by atoms with E-state index in [9.17, 15) is 9.59 Å². The van der Waals surface area contributed by atoms with Crippen molar-refractivity contribution in [2.24, 2.45) is 0 Å². The van der Waals surface area contributed by atoms with Crippen LogP contribution in [0.5, 0.6) is 0 Å². The van der Waals surface area contributed by atoms with Crippen molar-refractivity contribution in [3.63, 3.8) is 0 Å². The Hall–Kier alpha value is -2.28. The highest BCUT2D eigenvalue weighted by atomic mass is 16.2. The van der Waals surface area contributed by atoms with E-state index in [1.807, 2.05) is 0 Å². The first-order chi connectivity index (χ1) is 18.6. The van der Waals surface area contributed by atoms with Crippen LogP contribution in [0.2, 0.25) is 0 Å². The quantitative estimate of drug-likeness (QED) is 0.105.